The van der Waals surface area contributed by atoms with Gasteiger partial charge in [-0.1, -0.05) is 146 Å². The van der Waals surface area contributed by atoms with Crippen LogP contribution in [0.5, 0.6) is 0 Å². The Morgan fingerprint density at radius 2 is 0.889 bits per heavy atom. The molecule has 0 atom stereocenters. The van der Waals surface area contributed by atoms with Crippen molar-refractivity contribution >= 4 is 54.5 Å². The van der Waals surface area contributed by atoms with Crippen LogP contribution in [0.25, 0.3) is 105 Å². The van der Waals surface area contributed by atoms with Gasteiger partial charge in [0.15, 0.2) is 17.5 Å². The number of hydrogen-bond donors (Lipinski definition) is 0. The Balaban J connectivity index is 1.07. The standard InChI is InChI=1S/C49H30N4O/c1-3-13-32(14-4-1)47-50-48(33-15-5-2-6-16-33)52-49(51-47)34-25-23-31(24-26-34)40-29-35-17-7-8-18-37(35)45-41-30-36(27-28-44(41)54-46(40)45)53-42-21-11-9-19-38(42)39-20-10-12-22-43(39)53/h1-30H. The van der Waals surface area contributed by atoms with Gasteiger partial charge in [-0.25, -0.2) is 15.0 Å². The topological polar surface area (TPSA) is 56.7 Å². The molecule has 5 heteroatoms. The molecule has 0 aliphatic carbocycles. The molecule has 0 N–H and O–H groups in total. The normalized spacial score (nSPS) is 11.7. The Bertz CT molecular complexity index is 3090. The predicted octanol–water partition coefficient (Wildman–Crippen LogP) is 12.7. The molecule has 3 heterocycles. The Kier molecular flexibility index (Phi) is 6.79. The Labute approximate surface area is 310 Å². The second kappa shape index (κ2) is 12.1. The highest BCUT2D eigenvalue weighted by molar-refractivity contribution is 6.23. The molecule has 0 saturated heterocycles. The third-order valence-electron chi connectivity index (χ3n) is 10.4. The zero-order chi connectivity index (χ0) is 35.6. The quantitative estimate of drug-likeness (QED) is 0.180. The smallest absolute Gasteiger partial charge is 0.164 e. The average Bonchev–Trinajstić information content (AvgIpc) is 3.80. The van der Waals surface area contributed by atoms with Crippen molar-refractivity contribution < 1.29 is 4.42 Å². The Morgan fingerprint density at radius 1 is 0.389 bits per heavy atom. The van der Waals surface area contributed by atoms with Crippen LogP contribution in [0.3, 0.4) is 0 Å². The highest BCUT2D eigenvalue weighted by Crippen LogP contribution is 2.43. The Morgan fingerprint density at radius 3 is 1.50 bits per heavy atom. The number of para-hydroxylation sites is 2. The van der Waals surface area contributed by atoms with E-state index in [1.54, 1.807) is 0 Å². The molecule has 0 bridgehead atoms. The predicted molar refractivity (Wildman–Crippen MR) is 221 cm³/mol. The van der Waals surface area contributed by atoms with Gasteiger partial charge in [-0.05, 0) is 52.7 Å². The van der Waals surface area contributed by atoms with Gasteiger partial charge in [0.1, 0.15) is 11.2 Å². The Hall–Kier alpha value is -7.37. The van der Waals surface area contributed by atoms with E-state index in [0.717, 1.165) is 66.2 Å². The van der Waals surface area contributed by atoms with Crippen LogP contribution >= 0.6 is 0 Å². The summed E-state index contributed by atoms with van der Waals surface area (Å²) in [6.07, 6.45) is 0. The molecule has 0 unspecified atom stereocenters. The summed E-state index contributed by atoms with van der Waals surface area (Å²) in [4.78, 5) is 14.8. The van der Waals surface area contributed by atoms with Crippen molar-refractivity contribution in [2.75, 3.05) is 0 Å². The molecule has 5 nitrogen and oxygen atoms in total. The SMILES string of the molecule is c1ccc(-c2nc(-c3ccccc3)nc(-c3ccc(-c4cc5ccccc5c5c4oc4ccc(-n6c7ccccc7c7ccccc76)cc45)cc3)n2)cc1. The third kappa shape index (κ3) is 4.83. The van der Waals surface area contributed by atoms with Crippen molar-refractivity contribution in [2.24, 2.45) is 0 Å². The largest absolute Gasteiger partial charge is 0.455 e. The van der Waals surface area contributed by atoms with Gasteiger partial charge >= 0.3 is 0 Å². The molecule has 0 fully saturated rings. The maximum Gasteiger partial charge on any atom is 0.164 e. The maximum absolute atomic E-state index is 6.80. The molecular formula is C49H30N4O. The van der Waals surface area contributed by atoms with Gasteiger partial charge < -0.3 is 8.98 Å². The van der Waals surface area contributed by atoms with Crippen LogP contribution in [0.15, 0.2) is 186 Å². The second-order valence-electron chi connectivity index (χ2n) is 13.6. The lowest BCUT2D eigenvalue weighted by molar-refractivity contribution is 0.670. The summed E-state index contributed by atoms with van der Waals surface area (Å²) in [5.74, 6) is 1.91. The molecule has 8 aromatic carbocycles. The summed E-state index contributed by atoms with van der Waals surface area (Å²) in [6, 6.07) is 63.3. The molecule has 0 saturated carbocycles. The molecule has 3 aromatic heterocycles. The second-order valence-corrected chi connectivity index (χ2v) is 13.6. The van der Waals surface area contributed by atoms with Crippen LogP contribution in [0.1, 0.15) is 0 Å². The van der Waals surface area contributed by atoms with Crippen LogP contribution in [0, 0.1) is 0 Å². The monoisotopic (exact) mass is 690 g/mol. The first kappa shape index (κ1) is 30.3. The van der Waals surface area contributed by atoms with Crippen molar-refractivity contribution in [3.63, 3.8) is 0 Å². The number of furan rings is 1. The molecule has 54 heavy (non-hydrogen) atoms. The van der Waals surface area contributed by atoms with E-state index in [1.165, 1.54) is 21.8 Å². The molecule has 252 valence electrons. The third-order valence-corrected chi connectivity index (χ3v) is 10.4. The van der Waals surface area contributed by atoms with E-state index in [-0.39, 0.29) is 0 Å². The minimum absolute atomic E-state index is 0.624. The van der Waals surface area contributed by atoms with Crippen LogP contribution in [0.4, 0.5) is 0 Å². The van der Waals surface area contributed by atoms with Gasteiger partial charge in [-0.2, -0.15) is 0 Å². The van der Waals surface area contributed by atoms with Crippen molar-refractivity contribution in [1.29, 1.82) is 0 Å². The van der Waals surface area contributed by atoms with E-state index in [4.69, 9.17) is 19.4 Å². The molecule has 11 rings (SSSR count). The maximum atomic E-state index is 6.80. The summed E-state index contributed by atoms with van der Waals surface area (Å²) in [6.45, 7) is 0. The molecule has 0 aliphatic heterocycles. The minimum Gasteiger partial charge on any atom is -0.455 e. The van der Waals surface area contributed by atoms with Gasteiger partial charge in [0.05, 0.1) is 11.0 Å². The van der Waals surface area contributed by atoms with E-state index < -0.39 is 0 Å². The first-order valence-corrected chi connectivity index (χ1v) is 18.1. The molecule has 11 aromatic rings. The highest BCUT2D eigenvalue weighted by Gasteiger charge is 2.19. The van der Waals surface area contributed by atoms with Crippen molar-refractivity contribution in [2.45, 2.75) is 0 Å². The van der Waals surface area contributed by atoms with Crippen molar-refractivity contribution in [1.82, 2.24) is 19.5 Å². The first-order valence-electron chi connectivity index (χ1n) is 18.1. The van der Waals surface area contributed by atoms with Crippen molar-refractivity contribution in [3.05, 3.63) is 182 Å². The fourth-order valence-electron chi connectivity index (χ4n) is 7.91. The van der Waals surface area contributed by atoms with Gasteiger partial charge in [-0.3, -0.25) is 0 Å². The van der Waals surface area contributed by atoms with E-state index in [1.807, 2.05) is 60.7 Å². The highest BCUT2D eigenvalue weighted by atomic mass is 16.3. The van der Waals surface area contributed by atoms with Gasteiger partial charge in [0, 0.05) is 49.5 Å². The van der Waals surface area contributed by atoms with Crippen LogP contribution in [-0.2, 0) is 0 Å². The van der Waals surface area contributed by atoms with Gasteiger partial charge in [-0.15, -0.1) is 0 Å². The number of hydrogen-bond acceptors (Lipinski definition) is 4. The number of aromatic nitrogens is 4. The summed E-state index contributed by atoms with van der Waals surface area (Å²) < 4.78 is 9.16. The van der Waals surface area contributed by atoms with E-state index >= 15 is 0 Å². The van der Waals surface area contributed by atoms with Crippen LogP contribution in [0.2, 0.25) is 0 Å². The number of rotatable bonds is 5. The summed E-state index contributed by atoms with van der Waals surface area (Å²) in [7, 11) is 0. The fourth-order valence-corrected chi connectivity index (χ4v) is 7.91. The number of benzene rings is 8. The molecule has 0 radical (unpaired) electrons. The van der Waals surface area contributed by atoms with E-state index in [2.05, 4.69) is 126 Å². The van der Waals surface area contributed by atoms with Crippen LogP contribution in [-0.4, -0.2) is 19.5 Å². The summed E-state index contributed by atoms with van der Waals surface area (Å²) in [5, 5.41) is 7.01. The number of fused-ring (bicyclic) bond motifs is 8. The van der Waals surface area contributed by atoms with Crippen molar-refractivity contribution in [3.8, 4) is 51.0 Å². The van der Waals surface area contributed by atoms with E-state index in [9.17, 15) is 0 Å². The minimum atomic E-state index is 0.624. The zero-order valence-electron chi connectivity index (χ0n) is 29.0. The molecule has 0 amide bonds. The fraction of sp³-hybridized carbons (Fsp3) is 0. The first-order chi connectivity index (χ1) is 26.8. The van der Waals surface area contributed by atoms with Gasteiger partial charge in [0.25, 0.3) is 0 Å². The summed E-state index contributed by atoms with van der Waals surface area (Å²) >= 11 is 0. The van der Waals surface area contributed by atoms with Crippen LogP contribution < -0.4 is 0 Å². The lowest BCUT2D eigenvalue weighted by Gasteiger charge is -2.10. The zero-order valence-corrected chi connectivity index (χ0v) is 29.0. The average molecular weight is 691 g/mol. The summed E-state index contributed by atoms with van der Waals surface area (Å²) in [5.41, 5.74) is 10.1. The van der Waals surface area contributed by atoms with Gasteiger partial charge in [0.2, 0.25) is 0 Å². The lowest BCUT2D eigenvalue weighted by atomic mass is 9.95. The number of nitrogens with zero attached hydrogens (tertiary/aromatic N) is 4. The molecule has 0 aliphatic rings. The molecular weight excluding hydrogens is 661 g/mol. The van der Waals surface area contributed by atoms with E-state index in [0.29, 0.717) is 17.5 Å². The lowest BCUT2D eigenvalue weighted by Crippen LogP contribution is -2.00. The molecule has 0 spiro atoms.